The molecule has 6 heteroatoms. The summed E-state index contributed by atoms with van der Waals surface area (Å²) in [4.78, 5) is 11.8. The van der Waals surface area contributed by atoms with E-state index in [2.05, 4.69) is 19.2 Å². The Morgan fingerprint density at radius 2 is 1.87 bits per heavy atom. The number of hydrogen-bond acceptors (Lipinski definition) is 3. The molecule has 1 fully saturated rings. The summed E-state index contributed by atoms with van der Waals surface area (Å²) in [5.74, 6) is 0.560. The quantitative estimate of drug-likeness (QED) is 0.830. The van der Waals surface area contributed by atoms with Crippen molar-refractivity contribution in [1.29, 1.82) is 0 Å². The van der Waals surface area contributed by atoms with Crippen molar-refractivity contribution in [2.75, 3.05) is 23.7 Å². The van der Waals surface area contributed by atoms with Crippen molar-refractivity contribution in [1.82, 2.24) is 5.32 Å². The first-order valence-corrected chi connectivity index (χ1v) is 9.99. The number of nitrogens with zero attached hydrogens (tertiary/aromatic N) is 1. The summed E-state index contributed by atoms with van der Waals surface area (Å²) < 4.78 is 25.4. The van der Waals surface area contributed by atoms with Gasteiger partial charge in [-0.05, 0) is 36.5 Å². The Hall–Kier alpha value is -1.56. The predicted molar refractivity (Wildman–Crippen MR) is 93.1 cm³/mol. The molecule has 128 valence electrons. The van der Waals surface area contributed by atoms with Crippen LogP contribution in [0.3, 0.4) is 0 Å². The standard InChI is InChI=1S/C17H26N2O3S/c1-13(2)14-7-9-16(10-8-14)19(23(3,21)22)12-11-18-17(20)15-5-4-6-15/h7-10,13,15H,4-6,11-12H2,1-3H3,(H,18,20). The van der Waals surface area contributed by atoms with E-state index < -0.39 is 10.0 Å². The van der Waals surface area contributed by atoms with Gasteiger partial charge in [-0.25, -0.2) is 8.42 Å². The Morgan fingerprint density at radius 3 is 2.30 bits per heavy atom. The van der Waals surface area contributed by atoms with Crippen molar-refractivity contribution in [3.05, 3.63) is 29.8 Å². The fourth-order valence-corrected chi connectivity index (χ4v) is 3.53. The van der Waals surface area contributed by atoms with Crippen LogP contribution in [0.2, 0.25) is 0 Å². The maximum Gasteiger partial charge on any atom is 0.232 e. The van der Waals surface area contributed by atoms with Crippen LogP contribution in [-0.2, 0) is 14.8 Å². The lowest BCUT2D eigenvalue weighted by Crippen LogP contribution is -2.41. The first-order chi connectivity index (χ1) is 10.8. The molecule has 0 heterocycles. The number of amides is 1. The highest BCUT2D eigenvalue weighted by atomic mass is 32.2. The Labute approximate surface area is 139 Å². The third kappa shape index (κ3) is 4.70. The molecule has 23 heavy (non-hydrogen) atoms. The maximum absolute atomic E-state index is 12.0. The van der Waals surface area contributed by atoms with Crippen molar-refractivity contribution in [2.24, 2.45) is 5.92 Å². The molecular weight excluding hydrogens is 312 g/mol. The molecule has 1 aliphatic rings. The van der Waals surface area contributed by atoms with Gasteiger partial charge in [-0.3, -0.25) is 9.10 Å². The molecule has 1 amide bonds. The van der Waals surface area contributed by atoms with Crippen molar-refractivity contribution in [3.8, 4) is 0 Å². The molecule has 0 atom stereocenters. The number of carbonyl (C=O) groups excluding carboxylic acids is 1. The lowest BCUT2D eigenvalue weighted by molar-refractivity contribution is -0.127. The second-order valence-corrected chi connectivity index (χ2v) is 8.41. The molecule has 0 spiro atoms. The second kappa shape index (κ2) is 7.34. The van der Waals surface area contributed by atoms with Crippen LogP contribution in [0.1, 0.15) is 44.6 Å². The number of sulfonamides is 1. The summed E-state index contributed by atoms with van der Waals surface area (Å²) in [6, 6.07) is 7.55. The van der Waals surface area contributed by atoms with E-state index in [-0.39, 0.29) is 18.4 Å². The predicted octanol–water partition coefficient (Wildman–Crippen LogP) is 2.49. The smallest absolute Gasteiger partial charge is 0.232 e. The van der Waals surface area contributed by atoms with Crippen LogP contribution in [0, 0.1) is 5.92 Å². The van der Waals surface area contributed by atoms with Crippen LogP contribution >= 0.6 is 0 Å². The van der Waals surface area contributed by atoms with Crippen molar-refractivity contribution in [3.63, 3.8) is 0 Å². The highest BCUT2D eigenvalue weighted by molar-refractivity contribution is 7.92. The van der Waals surface area contributed by atoms with Crippen LogP contribution in [0.15, 0.2) is 24.3 Å². The minimum atomic E-state index is -3.38. The molecule has 0 aromatic heterocycles. The normalized spacial score (nSPS) is 15.3. The summed E-state index contributed by atoms with van der Waals surface area (Å²) in [6.07, 6.45) is 4.18. The highest BCUT2D eigenvalue weighted by Gasteiger charge is 2.25. The van der Waals surface area contributed by atoms with Crippen LogP contribution in [0.4, 0.5) is 5.69 Å². The number of nitrogens with one attached hydrogen (secondary N) is 1. The summed E-state index contributed by atoms with van der Waals surface area (Å²) in [7, 11) is -3.38. The van der Waals surface area contributed by atoms with Gasteiger partial charge in [0, 0.05) is 12.5 Å². The molecule has 5 nitrogen and oxygen atoms in total. The van der Waals surface area contributed by atoms with Gasteiger partial charge in [-0.15, -0.1) is 0 Å². The number of benzene rings is 1. The Kier molecular flexibility index (Phi) is 5.68. The number of rotatable bonds is 7. The Morgan fingerprint density at radius 1 is 1.26 bits per heavy atom. The topological polar surface area (TPSA) is 66.5 Å². The van der Waals surface area contributed by atoms with Crippen molar-refractivity contribution >= 4 is 21.6 Å². The molecule has 0 unspecified atom stereocenters. The molecule has 0 aliphatic heterocycles. The molecule has 2 rings (SSSR count). The first-order valence-electron chi connectivity index (χ1n) is 8.14. The number of hydrogen-bond donors (Lipinski definition) is 1. The van der Waals surface area contributed by atoms with Crippen LogP contribution in [-0.4, -0.2) is 33.7 Å². The lowest BCUT2D eigenvalue weighted by Gasteiger charge is -2.26. The van der Waals surface area contributed by atoms with Gasteiger partial charge >= 0.3 is 0 Å². The molecule has 1 N–H and O–H groups in total. The average Bonchev–Trinajstić information content (AvgIpc) is 2.40. The minimum Gasteiger partial charge on any atom is -0.354 e. The van der Waals surface area contributed by atoms with Gasteiger partial charge in [-0.2, -0.15) is 0 Å². The highest BCUT2D eigenvalue weighted by Crippen LogP contribution is 2.26. The fraction of sp³-hybridized carbons (Fsp3) is 0.588. The van der Waals surface area contributed by atoms with E-state index in [1.54, 1.807) is 0 Å². The van der Waals surface area contributed by atoms with E-state index >= 15 is 0 Å². The fourth-order valence-electron chi connectivity index (χ4n) is 2.61. The SMILES string of the molecule is CC(C)c1ccc(N(CCNC(=O)C2CCC2)S(C)(=O)=O)cc1. The van der Waals surface area contributed by atoms with E-state index in [9.17, 15) is 13.2 Å². The Balaban J connectivity index is 2.00. The maximum atomic E-state index is 12.0. The summed E-state index contributed by atoms with van der Waals surface area (Å²) >= 11 is 0. The van der Waals surface area contributed by atoms with Gasteiger partial charge in [0.15, 0.2) is 0 Å². The first kappa shape index (κ1) is 17.8. The van der Waals surface area contributed by atoms with Crippen LogP contribution in [0.5, 0.6) is 0 Å². The van der Waals surface area contributed by atoms with E-state index in [1.165, 1.54) is 16.1 Å². The van der Waals surface area contributed by atoms with Gasteiger partial charge in [0.2, 0.25) is 15.9 Å². The van der Waals surface area contributed by atoms with Crippen LogP contribution in [0.25, 0.3) is 0 Å². The molecule has 1 aromatic rings. The molecule has 0 bridgehead atoms. The number of carbonyl (C=O) groups is 1. The third-order valence-corrected chi connectivity index (χ3v) is 5.53. The van der Waals surface area contributed by atoms with Gasteiger partial charge in [-0.1, -0.05) is 32.4 Å². The van der Waals surface area contributed by atoms with E-state index in [0.29, 0.717) is 18.2 Å². The van der Waals surface area contributed by atoms with E-state index in [1.807, 2.05) is 24.3 Å². The third-order valence-electron chi connectivity index (χ3n) is 4.34. The monoisotopic (exact) mass is 338 g/mol. The zero-order chi connectivity index (χ0) is 17.0. The minimum absolute atomic E-state index is 0.0415. The Bertz CT molecular complexity index is 634. The van der Waals surface area contributed by atoms with Gasteiger partial charge < -0.3 is 5.32 Å². The molecule has 0 saturated heterocycles. The zero-order valence-corrected chi connectivity index (χ0v) is 14.9. The average molecular weight is 338 g/mol. The van der Waals surface area contributed by atoms with Crippen LogP contribution < -0.4 is 9.62 Å². The van der Waals surface area contributed by atoms with Gasteiger partial charge in [0.25, 0.3) is 0 Å². The largest absolute Gasteiger partial charge is 0.354 e. The van der Waals surface area contributed by atoms with Crippen molar-refractivity contribution < 1.29 is 13.2 Å². The van der Waals surface area contributed by atoms with Gasteiger partial charge in [0.1, 0.15) is 0 Å². The van der Waals surface area contributed by atoms with Gasteiger partial charge in [0.05, 0.1) is 18.5 Å². The molecule has 1 saturated carbocycles. The molecule has 1 aromatic carbocycles. The molecular formula is C17H26N2O3S. The van der Waals surface area contributed by atoms with Crippen molar-refractivity contribution in [2.45, 2.75) is 39.0 Å². The summed E-state index contributed by atoms with van der Waals surface area (Å²) in [5, 5.41) is 2.84. The van der Waals surface area contributed by atoms with E-state index in [0.717, 1.165) is 19.3 Å². The van der Waals surface area contributed by atoms with E-state index in [4.69, 9.17) is 0 Å². The zero-order valence-electron chi connectivity index (χ0n) is 14.1. The lowest BCUT2D eigenvalue weighted by atomic mass is 9.85. The second-order valence-electron chi connectivity index (χ2n) is 6.50. The molecule has 0 radical (unpaired) electrons. The summed E-state index contributed by atoms with van der Waals surface area (Å²) in [5.41, 5.74) is 1.80. The molecule has 1 aliphatic carbocycles. The number of anilines is 1. The summed E-state index contributed by atoms with van der Waals surface area (Å²) in [6.45, 7) is 4.77.